The second kappa shape index (κ2) is 7.20. The van der Waals surface area contributed by atoms with Crippen LogP contribution in [0.1, 0.15) is 12.0 Å². The molecule has 132 valence electrons. The minimum atomic E-state index is -3.59. The van der Waals surface area contributed by atoms with E-state index in [2.05, 4.69) is 10.0 Å². The number of ether oxygens (including phenoxy) is 1. The number of benzene rings is 2. The Morgan fingerprint density at radius 2 is 1.84 bits per heavy atom. The van der Waals surface area contributed by atoms with E-state index in [1.165, 1.54) is 24.3 Å². The average molecular weight is 364 g/mol. The first-order valence-electron chi connectivity index (χ1n) is 7.71. The molecule has 0 radical (unpaired) electrons. The first-order chi connectivity index (χ1) is 11.9. The molecular formula is C17H17FN2O4S. The summed E-state index contributed by atoms with van der Waals surface area (Å²) in [6.45, 7) is 0.0593. The summed E-state index contributed by atoms with van der Waals surface area (Å²) in [6, 6.07) is 12.3. The molecule has 1 aliphatic heterocycles. The van der Waals surface area contributed by atoms with Crippen LogP contribution in [0.4, 0.5) is 10.1 Å². The zero-order valence-electron chi connectivity index (χ0n) is 13.2. The van der Waals surface area contributed by atoms with E-state index in [0.717, 1.165) is 0 Å². The zero-order valence-corrected chi connectivity index (χ0v) is 14.1. The Labute approximate surface area is 145 Å². The summed E-state index contributed by atoms with van der Waals surface area (Å²) in [5.74, 6) is -0.430. The van der Waals surface area contributed by atoms with Crippen molar-refractivity contribution < 1.29 is 22.3 Å². The Morgan fingerprint density at radius 3 is 2.60 bits per heavy atom. The van der Waals surface area contributed by atoms with Crippen LogP contribution in [-0.4, -0.2) is 27.0 Å². The van der Waals surface area contributed by atoms with Crippen molar-refractivity contribution in [2.75, 3.05) is 11.9 Å². The van der Waals surface area contributed by atoms with Gasteiger partial charge >= 0.3 is 0 Å². The molecule has 0 saturated heterocycles. The highest BCUT2D eigenvalue weighted by atomic mass is 32.2. The molecule has 2 N–H and O–H groups in total. The number of anilines is 1. The van der Waals surface area contributed by atoms with Gasteiger partial charge in [-0.3, -0.25) is 4.79 Å². The number of para-hydroxylation sites is 2. The van der Waals surface area contributed by atoms with Gasteiger partial charge < -0.3 is 10.1 Å². The van der Waals surface area contributed by atoms with Crippen molar-refractivity contribution in [1.82, 2.24) is 4.72 Å². The second-order valence-corrected chi connectivity index (χ2v) is 7.47. The van der Waals surface area contributed by atoms with Crippen LogP contribution in [-0.2, 0) is 20.6 Å². The number of rotatable bonds is 6. The van der Waals surface area contributed by atoms with Gasteiger partial charge in [0.1, 0.15) is 11.6 Å². The van der Waals surface area contributed by atoms with Crippen LogP contribution in [0.15, 0.2) is 48.5 Å². The van der Waals surface area contributed by atoms with Gasteiger partial charge in [0.2, 0.25) is 10.0 Å². The van der Waals surface area contributed by atoms with E-state index in [1.807, 2.05) is 0 Å². The summed E-state index contributed by atoms with van der Waals surface area (Å²) in [7, 11) is -3.59. The van der Waals surface area contributed by atoms with Gasteiger partial charge in [-0.2, -0.15) is 0 Å². The van der Waals surface area contributed by atoms with Crippen molar-refractivity contribution >= 4 is 21.6 Å². The Balaban J connectivity index is 1.53. The van der Waals surface area contributed by atoms with Crippen molar-refractivity contribution in [3.05, 3.63) is 59.9 Å². The number of carbonyl (C=O) groups is 1. The monoisotopic (exact) mass is 364 g/mol. The number of carbonyl (C=O) groups excluding carboxylic acids is 1. The molecule has 0 bridgehead atoms. The van der Waals surface area contributed by atoms with E-state index < -0.39 is 21.9 Å². The number of hydrogen-bond donors (Lipinski definition) is 2. The number of hydrogen-bond acceptors (Lipinski definition) is 4. The van der Waals surface area contributed by atoms with Crippen LogP contribution in [0.2, 0.25) is 0 Å². The molecule has 2 aromatic rings. The van der Waals surface area contributed by atoms with Crippen molar-refractivity contribution in [1.29, 1.82) is 0 Å². The Kier molecular flexibility index (Phi) is 5.00. The molecule has 0 spiro atoms. The van der Waals surface area contributed by atoms with Gasteiger partial charge in [0.05, 0.1) is 11.4 Å². The number of sulfonamides is 1. The van der Waals surface area contributed by atoms with Gasteiger partial charge in [0, 0.05) is 13.0 Å². The number of halogens is 1. The minimum Gasteiger partial charge on any atom is -0.478 e. The van der Waals surface area contributed by atoms with Gasteiger partial charge in [-0.25, -0.2) is 17.5 Å². The fraction of sp³-hybridized carbons (Fsp3) is 0.235. The topological polar surface area (TPSA) is 84.5 Å². The van der Waals surface area contributed by atoms with Crippen LogP contribution in [0.3, 0.4) is 0 Å². The highest BCUT2D eigenvalue weighted by Gasteiger charge is 2.27. The molecule has 0 fully saturated rings. The number of fused-ring (bicyclic) bond motifs is 1. The largest absolute Gasteiger partial charge is 0.478 e. The van der Waals surface area contributed by atoms with E-state index in [-0.39, 0.29) is 24.6 Å². The molecular weight excluding hydrogens is 347 g/mol. The molecule has 1 amide bonds. The molecule has 3 rings (SSSR count). The van der Waals surface area contributed by atoms with Crippen LogP contribution in [0.5, 0.6) is 5.75 Å². The first-order valence-corrected chi connectivity index (χ1v) is 9.36. The molecule has 1 unspecified atom stereocenters. The fourth-order valence-electron chi connectivity index (χ4n) is 2.48. The van der Waals surface area contributed by atoms with Crippen molar-refractivity contribution in [3.8, 4) is 5.75 Å². The SMILES string of the molecule is O=C1Nc2ccccc2OC1CCNS(=O)(=O)Cc1ccc(F)cc1. The standard InChI is InChI=1S/C17H17FN2O4S/c18-13-7-5-12(6-8-13)11-25(22,23)19-10-9-16-17(21)20-14-3-1-2-4-15(14)24-16/h1-8,16,19H,9-11H2,(H,20,21). The quantitative estimate of drug-likeness (QED) is 0.821. The zero-order chi connectivity index (χ0) is 17.9. The fourth-order valence-corrected chi connectivity index (χ4v) is 3.64. The molecule has 0 aliphatic carbocycles. The van der Waals surface area contributed by atoms with Gasteiger partial charge in [0.25, 0.3) is 5.91 Å². The van der Waals surface area contributed by atoms with Crippen molar-refractivity contribution in [2.45, 2.75) is 18.3 Å². The number of amides is 1. The summed E-state index contributed by atoms with van der Waals surface area (Å²) in [5.41, 5.74) is 1.08. The van der Waals surface area contributed by atoms with Gasteiger partial charge in [0.15, 0.2) is 6.10 Å². The van der Waals surface area contributed by atoms with Crippen LogP contribution in [0, 0.1) is 5.82 Å². The average Bonchev–Trinajstić information content (AvgIpc) is 2.57. The predicted octanol–water partition coefficient (Wildman–Crippen LogP) is 2.03. The second-order valence-electron chi connectivity index (χ2n) is 5.66. The normalized spacial score (nSPS) is 16.7. The highest BCUT2D eigenvalue weighted by Crippen LogP contribution is 2.29. The Morgan fingerprint density at radius 1 is 1.12 bits per heavy atom. The van der Waals surface area contributed by atoms with Crippen molar-refractivity contribution in [3.63, 3.8) is 0 Å². The summed E-state index contributed by atoms with van der Waals surface area (Å²) < 4.78 is 45.0. The summed E-state index contributed by atoms with van der Waals surface area (Å²) in [6.07, 6.45) is -0.563. The van der Waals surface area contributed by atoms with Gasteiger partial charge in [-0.05, 0) is 29.8 Å². The van der Waals surface area contributed by atoms with Crippen LogP contribution < -0.4 is 14.8 Å². The van der Waals surface area contributed by atoms with Crippen LogP contribution in [0.25, 0.3) is 0 Å². The third kappa shape index (κ3) is 4.55. The summed E-state index contributed by atoms with van der Waals surface area (Å²) in [5, 5.41) is 2.73. The van der Waals surface area contributed by atoms with Gasteiger partial charge in [-0.15, -0.1) is 0 Å². The summed E-state index contributed by atoms with van der Waals surface area (Å²) >= 11 is 0. The molecule has 1 atom stereocenters. The molecule has 6 nitrogen and oxygen atoms in total. The molecule has 25 heavy (non-hydrogen) atoms. The predicted molar refractivity (Wildman–Crippen MR) is 91.1 cm³/mol. The smallest absolute Gasteiger partial charge is 0.265 e. The van der Waals surface area contributed by atoms with Crippen molar-refractivity contribution in [2.24, 2.45) is 0 Å². The van der Waals surface area contributed by atoms with E-state index in [0.29, 0.717) is 17.0 Å². The molecule has 0 saturated carbocycles. The lowest BCUT2D eigenvalue weighted by Crippen LogP contribution is -2.39. The lowest BCUT2D eigenvalue weighted by Gasteiger charge is -2.25. The Hall–Kier alpha value is -2.45. The number of nitrogens with one attached hydrogen (secondary N) is 2. The Bertz CT molecular complexity index is 868. The molecule has 2 aromatic carbocycles. The van der Waals surface area contributed by atoms with Crippen LogP contribution >= 0.6 is 0 Å². The maximum absolute atomic E-state index is 12.9. The van der Waals surface area contributed by atoms with E-state index in [4.69, 9.17) is 4.74 Å². The third-order valence-corrected chi connectivity index (χ3v) is 5.06. The third-order valence-electron chi connectivity index (χ3n) is 3.71. The highest BCUT2D eigenvalue weighted by molar-refractivity contribution is 7.88. The minimum absolute atomic E-state index is 0.0593. The molecule has 0 aromatic heterocycles. The maximum atomic E-state index is 12.9. The maximum Gasteiger partial charge on any atom is 0.265 e. The van der Waals surface area contributed by atoms with E-state index in [1.54, 1.807) is 24.3 Å². The van der Waals surface area contributed by atoms with E-state index in [9.17, 15) is 17.6 Å². The van der Waals surface area contributed by atoms with E-state index >= 15 is 0 Å². The molecule has 1 aliphatic rings. The molecule has 8 heteroatoms. The lowest BCUT2D eigenvalue weighted by atomic mass is 10.2. The lowest BCUT2D eigenvalue weighted by molar-refractivity contribution is -0.123. The molecule has 1 heterocycles. The first kappa shape index (κ1) is 17.4. The summed E-state index contributed by atoms with van der Waals surface area (Å²) in [4.78, 5) is 12.0. The van der Waals surface area contributed by atoms with Gasteiger partial charge in [-0.1, -0.05) is 24.3 Å².